The van der Waals surface area contributed by atoms with E-state index in [4.69, 9.17) is 5.11 Å². The molecule has 33 heavy (non-hydrogen) atoms. The molecule has 3 N–H and O–H groups in total. The van der Waals surface area contributed by atoms with Gasteiger partial charge in [-0.25, -0.2) is 4.79 Å². The molecular weight excluding hydrogens is 442 g/mol. The number of nitrogens with one attached hydrogen (secondary N) is 2. The largest absolute Gasteiger partial charge is 0.478 e. The fraction of sp³-hybridized carbons (Fsp3) is 0.261. The molecule has 0 saturated heterocycles. The Hall–Kier alpha value is -3.66. The molecule has 1 aromatic heterocycles. The number of thioether (sulfide) groups is 1. The van der Waals surface area contributed by atoms with Gasteiger partial charge in [-0.15, -0.1) is 10.2 Å². The molecule has 0 fully saturated rings. The highest BCUT2D eigenvalue weighted by molar-refractivity contribution is 7.99. The van der Waals surface area contributed by atoms with Crippen LogP contribution in [-0.4, -0.2) is 43.4 Å². The van der Waals surface area contributed by atoms with Gasteiger partial charge in [0.25, 0.3) is 5.91 Å². The third kappa shape index (κ3) is 6.19. The van der Waals surface area contributed by atoms with Crippen LogP contribution in [0.15, 0.2) is 53.7 Å². The minimum Gasteiger partial charge on any atom is -0.478 e. The van der Waals surface area contributed by atoms with Gasteiger partial charge in [-0.05, 0) is 57.2 Å². The number of amides is 2. The number of aryl methyl sites for hydroxylation is 1. The molecule has 0 radical (unpaired) electrons. The van der Waals surface area contributed by atoms with Crippen molar-refractivity contribution < 1.29 is 19.5 Å². The van der Waals surface area contributed by atoms with Crippen LogP contribution in [0.2, 0.25) is 0 Å². The van der Waals surface area contributed by atoms with E-state index in [2.05, 4.69) is 20.8 Å². The number of carboxylic acid groups (broad SMARTS) is 1. The first-order valence-corrected chi connectivity index (χ1v) is 11.3. The normalized spacial score (nSPS) is 11.6. The van der Waals surface area contributed by atoms with Crippen molar-refractivity contribution in [3.05, 3.63) is 71.0 Å². The predicted octanol–water partition coefficient (Wildman–Crippen LogP) is 3.53. The van der Waals surface area contributed by atoms with Gasteiger partial charge in [0.15, 0.2) is 11.0 Å². The highest BCUT2D eigenvalue weighted by Gasteiger charge is 2.20. The van der Waals surface area contributed by atoms with Crippen LogP contribution in [0.5, 0.6) is 0 Å². The third-order valence-electron chi connectivity index (χ3n) is 4.86. The lowest BCUT2D eigenvalue weighted by atomic mass is 10.1. The van der Waals surface area contributed by atoms with Crippen molar-refractivity contribution in [1.29, 1.82) is 0 Å². The molecule has 0 unspecified atom stereocenters. The Balaban J connectivity index is 1.60. The highest BCUT2D eigenvalue weighted by Crippen LogP contribution is 2.21. The first-order chi connectivity index (χ1) is 15.8. The smallest absolute Gasteiger partial charge is 0.335 e. The number of nitrogens with zero attached hydrogens (tertiary/aromatic N) is 3. The van der Waals surface area contributed by atoms with Gasteiger partial charge < -0.3 is 20.3 Å². The third-order valence-corrected chi connectivity index (χ3v) is 5.83. The predicted molar refractivity (Wildman–Crippen MR) is 126 cm³/mol. The van der Waals surface area contributed by atoms with E-state index in [1.54, 1.807) is 12.1 Å². The van der Waals surface area contributed by atoms with Gasteiger partial charge in [-0.1, -0.05) is 29.5 Å². The van der Waals surface area contributed by atoms with Gasteiger partial charge >= 0.3 is 5.97 Å². The standard InChI is InChI=1S/C23H25N5O4S/c1-4-28-20(15(3)24-21(30)16-7-5-14(2)6-8-16)26-27-23(28)33-13-19(29)25-18-11-9-17(10-12-18)22(31)32/h5-12,15H,4,13H2,1-3H3,(H,24,30)(H,25,29)(H,31,32)/t15-/m0/s1. The lowest BCUT2D eigenvalue weighted by molar-refractivity contribution is -0.113. The summed E-state index contributed by atoms with van der Waals surface area (Å²) in [6, 6.07) is 12.9. The van der Waals surface area contributed by atoms with Gasteiger partial charge in [0.05, 0.1) is 17.4 Å². The zero-order chi connectivity index (χ0) is 24.0. The fourth-order valence-corrected chi connectivity index (χ4v) is 3.91. The molecule has 0 spiro atoms. The van der Waals surface area contributed by atoms with Crippen LogP contribution >= 0.6 is 11.8 Å². The van der Waals surface area contributed by atoms with Crippen LogP contribution in [0.25, 0.3) is 0 Å². The van der Waals surface area contributed by atoms with Crippen molar-refractivity contribution in [2.45, 2.75) is 38.5 Å². The van der Waals surface area contributed by atoms with Crippen molar-refractivity contribution in [2.75, 3.05) is 11.1 Å². The molecule has 3 aromatic rings. The molecule has 10 heteroatoms. The molecule has 0 aliphatic heterocycles. The molecule has 2 aromatic carbocycles. The van der Waals surface area contributed by atoms with Gasteiger partial charge in [0, 0.05) is 17.8 Å². The topological polar surface area (TPSA) is 126 Å². The zero-order valence-electron chi connectivity index (χ0n) is 18.5. The van der Waals surface area contributed by atoms with Crippen LogP contribution in [0.1, 0.15) is 52.0 Å². The van der Waals surface area contributed by atoms with Crippen LogP contribution in [-0.2, 0) is 11.3 Å². The number of carboxylic acids is 1. The van der Waals surface area contributed by atoms with Crippen LogP contribution in [0, 0.1) is 6.92 Å². The average molecular weight is 468 g/mol. The molecule has 0 bridgehead atoms. The van der Waals surface area contributed by atoms with E-state index in [0.29, 0.717) is 28.8 Å². The van der Waals surface area contributed by atoms with Gasteiger partial charge in [-0.3, -0.25) is 9.59 Å². The summed E-state index contributed by atoms with van der Waals surface area (Å²) in [4.78, 5) is 35.8. The Morgan fingerprint density at radius 1 is 1.03 bits per heavy atom. The summed E-state index contributed by atoms with van der Waals surface area (Å²) in [5.74, 6) is -0.776. The van der Waals surface area contributed by atoms with E-state index in [-0.39, 0.29) is 29.2 Å². The molecule has 172 valence electrons. The Morgan fingerprint density at radius 2 is 1.67 bits per heavy atom. The second-order valence-corrected chi connectivity index (χ2v) is 8.31. The lowest BCUT2D eigenvalue weighted by Gasteiger charge is -2.15. The van der Waals surface area contributed by atoms with Crippen molar-refractivity contribution in [3.8, 4) is 0 Å². The van der Waals surface area contributed by atoms with E-state index in [9.17, 15) is 14.4 Å². The van der Waals surface area contributed by atoms with Crippen molar-refractivity contribution in [1.82, 2.24) is 20.1 Å². The molecule has 0 aliphatic carbocycles. The molecule has 3 rings (SSSR count). The Labute approximate surface area is 195 Å². The van der Waals surface area contributed by atoms with E-state index in [0.717, 1.165) is 5.56 Å². The average Bonchev–Trinajstić information content (AvgIpc) is 3.21. The maximum atomic E-state index is 12.5. The molecule has 9 nitrogen and oxygen atoms in total. The summed E-state index contributed by atoms with van der Waals surface area (Å²) in [5.41, 5.74) is 2.30. The molecule has 0 aliphatic rings. The Kier molecular flexibility index (Phi) is 7.83. The number of benzene rings is 2. The summed E-state index contributed by atoms with van der Waals surface area (Å²) in [6.07, 6.45) is 0. The van der Waals surface area contributed by atoms with Gasteiger partial charge in [-0.2, -0.15) is 0 Å². The molecule has 2 amide bonds. The SMILES string of the molecule is CCn1c(SCC(=O)Nc2ccc(C(=O)O)cc2)nnc1[C@H](C)NC(=O)c1ccc(C)cc1. The van der Waals surface area contributed by atoms with Crippen LogP contribution in [0.4, 0.5) is 5.69 Å². The molecule has 1 heterocycles. The van der Waals surface area contributed by atoms with E-state index in [1.165, 1.54) is 36.0 Å². The number of anilines is 1. The first-order valence-electron chi connectivity index (χ1n) is 10.3. The maximum absolute atomic E-state index is 12.5. The summed E-state index contributed by atoms with van der Waals surface area (Å²) in [5, 5.41) is 23.6. The minimum absolute atomic E-state index is 0.100. The number of hydrogen-bond donors (Lipinski definition) is 3. The van der Waals surface area contributed by atoms with Crippen molar-refractivity contribution in [2.24, 2.45) is 0 Å². The number of carbonyl (C=O) groups excluding carboxylic acids is 2. The summed E-state index contributed by atoms with van der Waals surface area (Å²) < 4.78 is 1.86. The summed E-state index contributed by atoms with van der Waals surface area (Å²) in [7, 11) is 0. The number of rotatable bonds is 9. The second-order valence-electron chi connectivity index (χ2n) is 7.37. The van der Waals surface area contributed by atoms with E-state index >= 15 is 0 Å². The Morgan fingerprint density at radius 3 is 2.27 bits per heavy atom. The van der Waals surface area contributed by atoms with Gasteiger partial charge in [0.1, 0.15) is 0 Å². The maximum Gasteiger partial charge on any atom is 0.335 e. The quantitative estimate of drug-likeness (QED) is 0.411. The van der Waals surface area contributed by atoms with Gasteiger partial charge in [0.2, 0.25) is 5.91 Å². The molecule has 0 saturated carbocycles. The fourth-order valence-electron chi connectivity index (χ4n) is 3.10. The number of aromatic nitrogens is 3. The number of aromatic carboxylic acids is 1. The Bertz CT molecular complexity index is 1140. The van der Waals surface area contributed by atoms with E-state index in [1.807, 2.05) is 37.5 Å². The minimum atomic E-state index is -1.03. The monoisotopic (exact) mass is 467 g/mol. The zero-order valence-corrected chi connectivity index (χ0v) is 19.3. The van der Waals surface area contributed by atoms with Crippen LogP contribution in [0.3, 0.4) is 0 Å². The number of hydrogen-bond acceptors (Lipinski definition) is 6. The lowest BCUT2D eigenvalue weighted by Crippen LogP contribution is -2.28. The first kappa shape index (κ1) is 24.0. The highest BCUT2D eigenvalue weighted by atomic mass is 32.2. The summed E-state index contributed by atoms with van der Waals surface area (Å²) >= 11 is 1.23. The second kappa shape index (κ2) is 10.8. The van der Waals surface area contributed by atoms with Crippen molar-refractivity contribution >= 4 is 35.2 Å². The molecule has 1 atom stereocenters. The number of carbonyl (C=O) groups is 3. The summed E-state index contributed by atoms with van der Waals surface area (Å²) in [6.45, 7) is 6.32. The van der Waals surface area contributed by atoms with Crippen molar-refractivity contribution in [3.63, 3.8) is 0 Å². The van der Waals surface area contributed by atoms with E-state index < -0.39 is 5.97 Å². The van der Waals surface area contributed by atoms with Crippen LogP contribution < -0.4 is 10.6 Å². The molecular formula is C23H25N5O4S.